The van der Waals surface area contributed by atoms with E-state index < -0.39 is 5.97 Å². The molecular formula is C21H18BrClN2O5S. The molecule has 1 aliphatic rings. The van der Waals surface area contributed by atoms with Gasteiger partial charge in [-0.1, -0.05) is 11.6 Å². The second-order valence-corrected chi connectivity index (χ2v) is 8.38. The summed E-state index contributed by atoms with van der Waals surface area (Å²) in [6.45, 7) is 1.73. The highest BCUT2D eigenvalue weighted by Crippen LogP contribution is 2.36. The van der Waals surface area contributed by atoms with Gasteiger partial charge in [-0.2, -0.15) is 0 Å². The van der Waals surface area contributed by atoms with Gasteiger partial charge in [0.25, 0.3) is 5.91 Å². The fourth-order valence-corrected chi connectivity index (χ4v) is 4.37. The largest absolute Gasteiger partial charge is 0.497 e. The number of rotatable bonds is 7. The standard InChI is InChI=1S/C21H18BrClN2O5S/c1-3-29-18(26)11-30-19-15(22)8-12(9-16(19)23)10-17-20(27)25-21(31-17)24-13-4-6-14(28-2)7-5-13/h4-10H,3,11H2,1-2H3,(H,24,25,27)/b17-10+. The van der Waals surface area contributed by atoms with Crippen LogP contribution in [-0.2, 0) is 14.3 Å². The first kappa shape index (κ1) is 23.2. The van der Waals surface area contributed by atoms with E-state index >= 15 is 0 Å². The molecule has 162 valence electrons. The number of halogens is 2. The molecule has 0 radical (unpaired) electrons. The summed E-state index contributed by atoms with van der Waals surface area (Å²) in [5, 5.41) is 3.51. The predicted octanol–water partition coefficient (Wildman–Crippen LogP) is 4.94. The fourth-order valence-electron chi connectivity index (χ4n) is 2.54. The predicted molar refractivity (Wildman–Crippen MR) is 125 cm³/mol. The average Bonchev–Trinajstić information content (AvgIpc) is 3.06. The number of aliphatic imine (C=N–C) groups is 1. The number of carbonyl (C=O) groups excluding carboxylic acids is 2. The number of amides is 1. The number of ether oxygens (including phenoxy) is 3. The van der Waals surface area contributed by atoms with Crippen LogP contribution in [0.5, 0.6) is 11.5 Å². The second-order valence-electron chi connectivity index (χ2n) is 6.09. The summed E-state index contributed by atoms with van der Waals surface area (Å²) < 4.78 is 16.0. The zero-order valence-electron chi connectivity index (χ0n) is 16.6. The number of hydrogen-bond acceptors (Lipinski definition) is 7. The summed E-state index contributed by atoms with van der Waals surface area (Å²) in [5.74, 6) is 0.304. The lowest BCUT2D eigenvalue weighted by Gasteiger charge is -2.10. The minimum Gasteiger partial charge on any atom is -0.497 e. The van der Waals surface area contributed by atoms with Crippen molar-refractivity contribution in [1.29, 1.82) is 0 Å². The van der Waals surface area contributed by atoms with Crippen LogP contribution < -0.4 is 14.8 Å². The molecule has 7 nitrogen and oxygen atoms in total. The zero-order chi connectivity index (χ0) is 22.4. The third-order valence-corrected chi connectivity index (χ3v) is 5.69. The number of nitrogens with zero attached hydrogens (tertiary/aromatic N) is 1. The maximum Gasteiger partial charge on any atom is 0.344 e. The molecule has 0 unspecified atom stereocenters. The molecule has 0 atom stereocenters. The Morgan fingerprint density at radius 2 is 2.03 bits per heavy atom. The molecular weight excluding hydrogens is 508 g/mol. The Bertz CT molecular complexity index is 1030. The van der Waals surface area contributed by atoms with E-state index in [-0.39, 0.29) is 19.1 Å². The van der Waals surface area contributed by atoms with E-state index in [2.05, 4.69) is 26.2 Å². The van der Waals surface area contributed by atoms with Crippen LogP contribution in [0.3, 0.4) is 0 Å². The van der Waals surface area contributed by atoms with Gasteiger partial charge in [-0.05, 0) is 82.7 Å². The van der Waals surface area contributed by atoms with Gasteiger partial charge in [-0.15, -0.1) is 0 Å². The van der Waals surface area contributed by atoms with Gasteiger partial charge in [-0.3, -0.25) is 4.79 Å². The molecule has 1 N–H and O–H groups in total. The molecule has 0 spiro atoms. The van der Waals surface area contributed by atoms with Gasteiger partial charge in [0.2, 0.25) is 0 Å². The molecule has 2 aromatic carbocycles. The van der Waals surface area contributed by atoms with E-state index in [0.717, 1.165) is 5.75 Å². The zero-order valence-corrected chi connectivity index (χ0v) is 19.8. The van der Waals surface area contributed by atoms with Crippen LogP contribution in [0.4, 0.5) is 5.69 Å². The third kappa shape index (κ3) is 6.25. The summed E-state index contributed by atoms with van der Waals surface area (Å²) in [6.07, 6.45) is 1.70. The Morgan fingerprint density at radius 1 is 1.29 bits per heavy atom. The molecule has 0 aliphatic carbocycles. The van der Waals surface area contributed by atoms with Crippen LogP contribution in [0.1, 0.15) is 12.5 Å². The first-order valence-electron chi connectivity index (χ1n) is 9.10. The third-order valence-electron chi connectivity index (χ3n) is 3.91. The summed E-state index contributed by atoms with van der Waals surface area (Å²) in [7, 11) is 1.59. The number of nitrogens with one attached hydrogen (secondary N) is 1. The van der Waals surface area contributed by atoms with Crippen LogP contribution in [0.2, 0.25) is 5.02 Å². The number of thioether (sulfide) groups is 1. The summed E-state index contributed by atoms with van der Waals surface area (Å²) in [5.41, 5.74) is 1.38. The van der Waals surface area contributed by atoms with Gasteiger partial charge in [0.15, 0.2) is 17.5 Å². The van der Waals surface area contributed by atoms with Gasteiger partial charge in [-0.25, -0.2) is 9.79 Å². The van der Waals surface area contributed by atoms with Crippen LogP contribution >= 0.6 is 39.3 Å². The van der Waals surface area contributed by atoms with Crippen molar-refractivity contribution in [3.63, 3.8) is 0 Å². The lowest BCUT2D eigenvalue weighted by atomic mass is 10.2. The van der Waals surface area contributed by atoms with Crippen LogP contribution in [0.25, 0.3) is 6.08 Å². The second kappa shape index (κ2) is 10.7. The first-order valence-corrected chi connectivity index (χ1v) is 11.1. The Hall–Kier alpha value is -2.49. The van der Waals surface area contributed by atoms with E-state index in [1.165, 1.54) is 11.8 Å². The Morgan fingerprint density at radius 3 is 2.68 bits per heavy atom. The normalized spacial score (nSPS) is 15.8. The Labute approximate surface area is 196 Å². The van der Waals surface area contributed by atoms with Crippen molar-refractivity contribution < 1.29 is 23.8 Å². The van der Waals surface area contributed by atoms with Crippen molar-refractivity contribution in [2.75, 3.05) is 20.3 Å². The van der Waals surface area contributed by atoms with Crippen molar-refractivity contribution in [3.05, 3.63) is 56.4 Å². The molecule has 1 heterocycles. The Balaban J connectivity index is 1.74. The lowest BCUT2D eigenvalue weighted by Crippen LogP contribution is -2.19. The van der Waals surface area contributed by atoms with Gasteiger partial charge in [0, 0.05) is 0 Å². The number of benzene rings is 2. The van der Waals surface area contributed by atoms with E-state index in [9.17, 15) is 9.59 Å². The highest BCUT2D eigenvalue weighted by atomic mass is 79.9. The highest BCUT2D eigenvalue weighted by Gasteiger charge is 2.24. The van der Waals surface area contributed by atoms with Crippen LogP contribution in [0.15, 0.2) is 50.8 Å². The van der Waals surface area contributed by atoms with Crippen molar-refractivity contribution in [2.24, 2.45) is 4.99 Å². The number of amidine groups is 1. The molecule has 3 rings (SSSR count). The molecule has 10 heteroatoms. The first-order chi connectivity index (χ1) is 14.9. The van der Waals surface area contributed by atoms with E-state index in [0.29, 0.717) is 36.6 Å². The number of carbonyl (C=O) groups is 2. The van der Waals surface area contributed by atoms with Crippen molar-refractivity contribution in [3.8, 4) is 11.5 Å². The van der Waals surface area contributed by atoms with E-state index in [1.54, 1.807) is 56.5 Å². The number of hydrogen-bond donors (Lipinski definition) is 1. The fraction of sp³-hybridized carbons (Fsp3) is 0.190. The maximum absolute atomic E-state index is 12.3. The van der Waals surface area contributed by atoms with Gasteiger partial charge in [0.1, 0.15) is 5.75 Å². The maximum atomic E-state index is 12.3. The highest BCUT2D eigenvalue weighted by molar-refractivity contribution is 9.10. The molecule has 0 bridgehead atoms. The average molecular weight is 526 g/mol. The Kier molecular flexibility index (Phi) is 8.00. The van der Waals surface area contributed by atoms with Crippen molar-refractivity contribution >= 4 is 68.1 Å². The molecule has 1 aliphatic heterocycles. The minimum absolute atomic E-state index is 0.254. The van der Waals surface area contributed by atoms with Crippen molar-refractivity contribution in [1.82, 2.24) is 5.32 Å². The van der Waals surface area contributed by atoms with Gasteiger partial charge < -0.3 is 19.5 Å². The molecule has 1 saturated heterocycles. The molecule has 1 amide bonds. The topological polar surface area (TPSA) is 86.2 Å². The molecule has 0 aromatic heterocycles. The van der Waals surface area contributed by atoms with Crippen LogP contribution in [-0.4, -0.2) is 37.4 Å². The molecule has 1 fully saturated rings. The van der Waals surface area contributed by atoms with Crippen LogP contribution in [0, 0.1) is 0 Å². The SMILES string of the molecule is CCOC(=O)COc1c(Cl)cc(/C=C2/SC(=Nc3ccc(OC)cc3)NC2=O)cc1Br. The lowest BCUT2D eigenvalue weighted by molar-refractivity contribution is -0.145. The quantitative estimate of drug-likeness (QED) is 0.407. The molecule has 31 heavy (non-hydrogen) atoms. The summed E-state index contributed by atoms with van der Waals surface area (Å²) in [4.78, 5) is 28.7. The summed E-state index contributed by atoms with van der Waals surface area (Å²) in [6, 6.07) is 10.6. The van der Waals surface area contributed by atoms with Gasteiger partial charge >= 0.3 is 5.97 Å². The van der Waals surface area contributed by atoms with Gasteiger partial charge in [0.05, 0.1) is 33.8 Å². The summed E-state index contributed by atoms with van der Waals surface area (Å²) >= 11 is 10.9. The number of esters is 1. The number of methoxy groups -OCH3 is 1. The monoisotopic (exact) mass is 524 g/mol. The van der Waals surface area contributed by atoms with E-state index in [1.807, 2.05) is 0 Å². The van der Waals surface area contributed by atoms with E-state index in [4.69, 9.17) is 25.8 Å². The molecule has 0 saturated carbocycles. The smallest absolute Gasteiger partial charge is 0.344 e. The van der Waals surface area contributed by atoms with Crippen molar-refractivity contribution in [2.45, 2.75) is 6.92 Å². The minimum atomic E-state index is -0.487. The molecule has 2 aromatic rings.